The summed E-state index contributed by atoms with van der Waals surface area (Å²) in [6.07, 6.45) is 3.45. The Balaban J connectivity index is 1.63. The molecule has 4 rings (SSSR count). The van der Waals surface area contributed by atoms with E-state index in [2.05, 4.69) is 43.2 Å². The van der Waals surface area contributed by atoms with Crippen LogP contribution >= 0.6 is 15.9 Å². The molecule has 2 heterocycles. The quantitative estimate of drug-likeness (QED) is 0.442. The molecule has 1 saturated carbocycles. The van der Waals surface area contributed by atoms with Crippen LogP contribution in [0.2, 0.25) is 0 Å². The van der Waals surface area contributed by atoms with Gasteiger partial charge in [0.05, 0.1) is 30.0 Å². The van der Waals surface area contributed by atoms with Crippen molar-refractivity contribution in [2.75, 3.05) is 12.4 Å². The Hall–Kier alpha value is -2.62. The first kappa shape index (κ1) is 23.5. The van der Waals surface area contributed by atoms with Crippen molar-refractivity contribution >= 4 is 27.5 Å². The van der Waals surface area contributed by atoms with Gasteiger partial charge in [0.2, 0.25) is 5.78 Å². The van der Waals surface area contributed by atoms with E-state index in [9.17, 15) is 9.90 Å². The molecule has 8 nitrogen and oxygen atoms in total. The molecule has 9 heteroatoms. The van der Waals surface area contributed by atoms with Crippen molar-refractivity contribution in [3.8, 4) is 0 Å². The normalized spacial score (nSPS) is 21.2. The van der Waals surface area contributed by atoms with E-state index in [-0.39, 0.29) is 23.8 Å². The largest absolute Gasteiger partial charge is 0.393 e. The maximum atomic E-state index is 13.4. The average molecular weight is 513 g/mol. The standard InChI is InChI=1S/C24H27BrN5O3/c1-14-7-18(9-22(14)31)28-24-19(11-26-13-27-24)23(32)20-10-21(15(2)33-3)30(29-20)12-16-5-4-6-17(25)8-16/h4-6,8,10-11,13-15,18,22,31H,1,7,9,12H2,2-3H3,(H,26,27,28)/t14-,15-,18-,22+/m1/s1. The number of methoxy groups -OCH3 is 1. The molecule has 0 amide bonds. The summed E-state index contributed by atoms with van der Waals surface area (Å²) in [6, 6.07) is 9.70. The van der Waals surface area contributed by atoms with Crippen LogP contribution in [-0.2, 0) is 11.3 Å². The monoisotopic (exact) mass is 512 g/mol. The van der Waals surface area contributed by atoms with Crippen molar-refractivity contribution in [2.45, 2.75) is 44.6 Å². The second-order valence-corrected chi connectivity index (χ2v) is 9.29. The Morgan fingerprint density at radius 2 is 2.21 bits per heavy atom. The van der Waals surface area contributed by atoms with E-state index < -0.39 is 6.10 Å². The smallest absolute Gasteiger partial charge is 0.218 e. The molecule has 0 saturated heterocycles. The molecular weight excluding hydrogens is 486 g/mol. The highest BCUT2D eigenvalue weighted by molar-refractivity contribution is 9.10. The Morgan fingerprint density at radius 1 is 1.39 bits per heavy atom. The summed E-state index contributed by atoms with van der Waals surface area (Å²) in [4.78, 5) is 21.8. The lowest BCUT2D eigenvalue weighted by Crippen LogP contribution is -2.20. The molecule has 4 atom stereocenters. The van der Waals surface area contributed by atoms with Crippen LogP contribution in [0, 0.1) is 12.8 Å². The van der Waals surface area contributed by atoms with Gasteiger partial charge in [0.15, 0.2) is 0 Å². The molecule has 2 aromatic heterocycles. The van der Waals surface area contributed by atoms with E-state index in [1.54, 1.807) is 17.9 Å². The van der Waals surface area contributed by atoms with Crippen molar-refractivity contribution in [3.05, 3.63) is 76.8 Å². The predicted molar refractivity (Wildman–Crippen MR) is 128 cm³/mol. The van der Waals surface area contributed by atoms with Crippen LogP contribution in [-0.4, -0.2) is 49.9 Å². The van der Waals surface area contributed by atoms with E-state index >= 15 is 0 Å². The fourth-order valence-electron chi connectivity index (χ4n) is 4.09. The van der Waals surface area contributed by atoms with E-state index in [4.69, 9.17) is 4.74 Å². The summed E-state index contributed by atoms with van der Waals surface area (Å²) in [5.74, 6) is 0.111. The third-order valence-corrected chi connectivity index (χ3v) is 6.48. The zero-order valence-corrected chi connectivity index (χ0v) is 20.2. The molecule has 0 spiro atoms. The molecule has 3 aromatic rings. The molecule has 1 radical (unpaired) electrons. The molecule has 1 aromatic carbocycles. The number of benzene rings is 1. The Bertz CT molecular complexity index is 1120. The molecule has 0 bridgehead atoms. The number of carbonyl (C=O) groups is 1. The maximum Gasteiger partial charge on any atom is 0.218 e. The molecule has 0 unspecified atom stereocenters. The summed E-state index contributed by atoms with van der Waals surface area (Å²) in [5, 5.41) is 17.9. The van der Waals surface area contributed by atoms with Gasteiger partial charge in [0.25, 0.3) is 0 Å². The molecule has 1 fully saturated rings. The van der Waals surface area contributed by atoms with Crippen molar-refractivity contribution < 1.29 is 14.6 Å². The number of aliphatic hydroxyl groups is 1. The third kappa shape index (κ3) is 5.31. The molecular formula is C24H27BrN5O3. The lowest BCUT2D eigenvalue weighted by atomic mass is 10.1. The van der Waals surface area contributed by atoms with E-state index in [1.807, 2.05) is 31.2 Å². The number of aliphatic hydroxyl groups excluding tert-OH is 1. The fourth-order valence-corrected chi connectivity index (χ4v) is 4.53. The van der Waals surface area contributed by atoms with Crippen LogP contribution in [0.3, 0.4) is 0 Å². The molecule has 1 aliphatic carbocycles. The number of anilines is 1. The lowest BCUT2D eigenvalue weighted by molar-refractivity contribution is 0.103. The highest BCUT2D eigenvalue weighted by atomic mass is 79.9. The van der Waals surface area contributed by atoms with Gasteiger partial charge in [-0.3, -0.25) is 9.48 Å². The Morgan fingerprint density at radius 3 is 2.91 bits per heavy atom. The number of halogens is 1. The van der Waals surface area contributed by atoms with Gasteiger partial charge in [0, 0.05) is 23.8 Å². The number of hydrogen-bond acceptors (Lipinski definition) is 7. The van der Waals surface area contributed by atoms with Crippen molar-refractivity contribution in [3.63, 3.8) is 0 Å². The first-order valence-electron chi connectivity index (χ1n) is 10.8. The zero-order chi connectivity index (χ0) is 23.5. The molecule has 2 N–H and O–H groups in total. The highest BCUT2D eigenvalue weighted by Crippen LogP contribution is 2.29. The van der Waals surface area contributed by atoms with E-state index in [0.717, 1.165) is 15.7 Å². The number of carbonyl (C=O) groups excluding carboxylic acids is 1. The first-order chi connectivity index (χ1) is 15.9. The van der Waals surface area contributed by atoms with Crippen molar-refractivity contribution in [1.82, 2.24) is 19.7 Å². The second kappa shape index (κ2) is 10.1. The Kier molecular flexibility index (Phi) is 7.21. The van der Waals surface area contributed by atoms with Gasteiger partial charge in [-0.2, -0.15) is 5.10 Å². The third-order valence-electron chi connectivity index (χ3n) is 5.99. The summed E-state index contributed by atoms with van der Waals surface area (Å²) in [7, 11) is 1.63. The van der Waals surface area contributed by atoms with Crippen molar-refractivity contribution in [1.29, 1.82) is 0 Å². The number of hydrogen-bond donors (Lipinski definition) is 2. The number of ketones is 1. The maximum absolute atomic E-state index is 13.4. The molecule has 0 aliphatic heterocycles. The average Bonchev–Trinajstić information content (AvgIpc) is 3.35. The minimum absolute atomic E-state index is 0.0119. The van der Waals surface area contributed by atoms with Crippen LogP contribution in [0.15, 0.2) is 47.3 Å². The summed E-state index contributed by atoms with van der Waals surface area (Å²) < 4.78 is 8.29. The number of aromatic nitrogens is 4. The van der Waals surface area contributed by atoms with Gasteiger partial charge in [0.1, 0.15) is 17.8 Å². The first-order valence-corrected chi connectivity index (χ1v) is 11.6. The van der Waals surface area contributed by atoms with E-state index in [1.165, 1.54) is 12.5 Å². The lowest BCUT2D eigenvalue weighted by Gasteiger charge is -2.14. The van der Waals surface area contributed by atoms with Gasteiger partial charge >= 0.3 is 0 Å². The van der Waals surface area contributed by atoms with Gasteiger partial charge in [-0.1, -0.05) is 28.1 Å². The highest BCUT2D eigenvalue weighted by Gasteiger charge is 2.31. The topological polar surface area (TPSA) is 102 Å². The number of nitrogens with zero attached hydrogens (tertiary/aromatic N) is 4. The van der Waals surface area contributed by atoms with Crippen LogP contribution in [0.5, 0.6) is 0 Å². The second-order valence-electron chi connectivity index (χ2n) is 8.37. The van der Waals surface area contributed by atoms with E-state index in [0.29, 0.717) is 36.5 Å². The van der Waals surface area contributed by atoms with Gasteiger partial charge in [-0.05, 0) is 56.4 Å². The molecule has 1 aliphatic rings. The Labute approximate surface area is 201 Å². The SMILES string of the molecule is [CH2][C@@H]1C[C@@H](Nc2ncncc2C(=O)c2cc([C@@H](C)OC)n(Cc3cccc(Br)c3)n2)C[C@@H]1O. The minimum atomic E-state index is -0.463. The number of nitrogens with one attached hydrogen (secondary N) is 1. The van der Waals surface area contributed by atoms with Gasteiger partial charge < -0.3 is 15.2 Å². The van der Waals surface area contributed by atoms with Gasteiger partial charge in [-0.15, -0.1) is 0 Å². The fraction of sp³-hybridized carbons (Fsp3) is 0.375. The minimum Gasteiger partial charge on any atom is -0.393 e. The summed E-state index contributed by atoms with van der Waals surface area (Å²) in [6.45, 7) is 6.39. The molecule has 33 heavy (non-hydrogen) atoms. The van der Waals surface area contributed by atoms with Crippen molar-refractivity contribution in [2.24, 2.45) is 5.92 Å². The zero-order valence-electron chi connectivity index (χ0n) is 18.6. The predicted octanol–water partition coefficient (Wildman–Crippen LogP) is 3.81. The number of rotatable bonds is 8. The van der Waals surface area contributed by atoms with Crippen LogP contribution in [0.4, 0.5) is 5.82 Å². The number of ether oxygens (including phenoxy) is 1. The summed E-state index contributed by atoms with van der Waals surface area (Å²) in [5.41, 5.74) is 2.47. The summed E-state index contributed by atoms with van der Waals surface area (Å²) >= 11 is 3.50. The van der Waals surface area contributed by atoms with Crippen LogP contribution in [0.1, 0.15) is 53.2 Å². The molecule has 173 valence electrons. The van der Waals surface area contributed by atoms with Crippen LogP contribution in [0.25, 0.3) is 0 Å². The van der Waals surface area contributed by atoms with Crippen LogP contribution < -0.4 is 5.32 Å². The van der Waals surface area contributed by atoms with Gasteiger partial charge in [-0.25, -0.2) is 9.97 Å².